The number of amides is 5. The maximum absolute atomic E-state index is 13.1. The number of rotatable bonds is 21. The summed E-state index contributed by atoms with van der Waals surface area (Å²) in [4.78, 5) is 62.5. The van der Waals surface area contributed by atoms with Crippen molar-refractivity contribution in [3.63, 3.8) is 0 Å². The molecule has 2 aromatic heterocycles. The molecule has 2 saturated heterocycles. The van der Waals surface area contributed by atoms with E-state index in [1.54, 1.807) is 101 Å². The van der Waals surface area contributed by atoms with Gasteiger partial charge in [-0.05, 0) is 118 Å². The first kappa shape index (κ1) is 55.5. The number of nitrogens with one attached hydrogen (secondary N) is 4. The lowest BCUT2D eigenvalue weighted by molar-refractivity contribution is -0.270. The Hall–Kier alpha value is -7.41. The molecule has 0 saturated carbocycles. The number of nitrogen functional groups attached to an aromatic ring is 1. The normalized spacial score (nSPS) is 15.5. The smallest absolute Gasteiger partial charge is 0.272 e. The van der Waals surface area contributed by atoms with Crippen LogP contribution in [0.4, 0.5) is 28.4 Å². The molecule has 2 fully saturated rings. The van der Waals surface area contributed by atoms with Crippen LogP contribution in [0.3, 0.4) is 0 Å². The van der Waals surface area contributed by atoms with E-state index in [1.807, 2.05) is 39.1 Å². The summed E-state index contributed by atoms with van der Waals surface area (Å²) >= 11 is 0. The molecule has 7 rings (SSSR count). The summed E-state index contributed by atoms with van der Waals surface area (Å²) in [6.07, 6.45) is 12.8. The number of piperidine rings is 1. The third-order valence-electron chi connectivity index (χ3n) is 11.8. The first-order valence-electron chi connectivity index (χ1n) is 24.3. The van der Waals surface area contributed by atoms with E-state index in [1.165, 1.54) is 7.11 Å². The number of carbonyl (C=O) groups is 5. The van der Waals surface area contributed by atoms with Gasteiger partial charge in [0.2, 0.25) is 18.7 Å². The Morgan fingerprint density at radius 2 is 1.49 bits per heavy atom. The summed E-state index contributed by atoms with van der Waals surface area (Å²) < 4.78 is 31.9. The quantitative estimate of drug-likeness (QED) is 0.0154. The topological polar surface area (TPSA) is 219 Å². The summed E-state index contributed by atoms with van der Waals surface area (Å²) in [5, 5.41) is 11.2. The lowest BCUT2D eigenvalue weighted by Crippen LogP contribution is -2.49. The van der Waals surface area contributed by atoms with E-state index in [-0.39, 0.29) is 43.1 Å². The molecule has 18 heteroatoms. The molecule has 2 aliphatic heterocycles. The lowest BCUT2D eigenvalue weighted by atomic mass is 10.0. The SMILES string of the molecule is C=CCOC(OC1CCCCO1)C1CCCCN1C=O.CC.COc1cc(C)c(NC=O)cc1OCCCC(=O)Nc1cc(C(=O)Nc2ccc(-c3cc(C(=O)Nc4ccc(N)cc4)n(C)c3)cc2)n(C)c1. The monoisotopic (exact) mass is 991 g/mol. The molecule has 3 aromatic carbocycles. The highest BCUT2D eigenvalue weighted by atomic mass is 16.8. The van der Waals surface area contributed by atoms with Gasteiger partial charge in [0, 0.05) is 80.4 Å². The van der Waals surface area contributed by atoms with Crippen LogP contribution in [0.5, 0.6) is 11.5 Å². The Balaban J connectivity index is 0.000000364. The van der Waals surface area contributed by atoms with Gasteiger partial charge < -0.3 is 64.7 Å². The minimum absolute atomic E-state index is 0.0215. The minimum Gasteiger partial charge on any atom is -0.493 e. The molecule has 2 aliphatic rings. The second-order valence-electron chi connectivity index (χ2n) is 17.0. The van der Waals surface area contributed by atoms with E-state index in [0.717, 1.165) is 74.8 Å². The molecule has 6 N–H and O–H groups in total. The summed E-state index contributed by atoms with van der Waals surface area (Å²) in [5.41, 5.74) is 12.1. The van der Waals surface area contributed by atoms with Gasteiger partial charge in [0.15, 0.2) is 24.1 Å². The fourth-order valence-corrected chi connectivity index (χ4v) is 8.08. The van der Waals surface area contributed by atoms with Crippen molar-refractivity contribution in [1.29, 1.82) is 0 Å². The Labute approximate surface area is 422 Å². The van der Waals surface area contributed by atoms with Gasteiger partial charge in [-0.15, -0.1) is 6.58 Å². The van der Waals surface area contributed by atoms with Crippen LogP contribution in [0.2, 0.25) is 0 Å². The largest absolute Gasteiger partial charge is 0.493 e. The first-order chi connectivity index (χ1) is 34.9. The fourth-order valence-electron chi connectivity index (χ4n) is 8.08. The van der Waals surface area contributed by atoms with Gasteiger partial charge >= 0.3 is 0 Å². The standard InChI is InChI=1S/C37H39N7O6.C15H25NO4.C2H6/c1-23-16-33(49-4)34(19-30(23)39-22-45)50-15-5-6-35(46)40-29-18-32(44(3)21-29)37(48)41-27-11-7-24(8-12-27)25-17-31(43(2)20-25)36(47)42-28-13-9-26(38)10-14-28;1-2-10-19-15(20-14-8-4-6-11-18-14)13-7-3-5-9-16(13)12-17;1-2/h7-14,16-22H,5-6,15,38H2,1-4H3,(H,39,45)(H,40,46)(H,41,48)(H,42,47);2,12-15H,1,3-11H2;1-2H3. The van der Waals surface area contributed by atoms with E-state index in [9.17, 15) is 24.0 Å². The number of carbonyl (C=O) groups excluding carboxylic acids is 5. The predicted molar refractivity (Wildman–Crippen MR) is 280 cm³/mol. The third-order valence-corrected chi connectivity index (χ3v) is 11.8. The van der Waals surface area contributed by atoms with Crippen LogP contribution < -0.4 is 36.5 Å². The van der Waals surface area contributed by atoms with Crippen molar-refractivity contribution in [1.82, 2.24) is 14.0 Å². The van der Waals surface area contributed by atoms with Crippen LogP contribution in [-0.2, 0) is 42.7 Å². The van der Waals surface area contributed by atoms with Gasteiger partial charge in [-0.2, -0.15) is 0 Å². The number of hydrogen-bond donors (Lipinski definition) is 5. The molecule has 4 heterocycles. The van der Waals surface area contributed by atoms with Gasteiger partial charge in [-0.25, -0.2) is 0 Å². The number of likely N-dealkylation sites (tertiary alicyclic amines) is 1. The summed E-state index contributed by atoms with van der Waals surface area (Å²) in [5.74, 6) is 0.166. The van der Waals surface area contributed by atoms with Crippen LogP contribution in [0.25, 0.3) is 11.1 Å². The van der Waals surface area contributed by atoms with Crippen LogP contribution in [0.15, 0.2) is 97.8 Å². The predicted octanol–water partition coefficient (Wildman–Crippen LogP) is 8.90. The van der Waals surface area contributed by atoms with Crippen LogP contribution in [0.1, 0.15) is 91.8 Å². The number of aryl methyl sites for hydroxylation is 3. The minimum atomic E-state index is -0.429. The number of nitrogens with zero attached hydrogens (tertiary/aromatic N) is 3. The highest BCUT2D eigenvalue weighted by molar-refractivity contribution is 6.05. The number of anilines is 5. The highest BCUT2D eigenvalue weighted by Crippen LogP contribution is 2.33. The summed E-state index contributed by atoms with van der Waals surface area (Å²) in [6.45, 7) is 11.7. The Morgan fingerprint density at radius 1 is 0.819 bits per heavy atom. The molecule has 3 atom stereocenters. The Bertz CT molecular complexity index is 2550. The maximum atomic E-state index is 13.1. The molecule has 3 unspecified atom stereocenters. The molecule has 72 heavy (non-hydrogen) atoms. The number of methoxy groups -OCH3 is 1. The highest BCUT2D eigenvalue weighted by Gasteiger charge is 2.33. The maximum Gasteiger partial charge on any atom is 0.272 e. The van der Waals surface area contributed by atoms with Crippen LogP contribution >= 0.6 is 0 Å². The number of benzene rings is 3. The molecule has 0 radical (unpaired) electrons. The Kier molecular flexibility index (Phi) is 21.9. The number of ether oxygens (including phenoxy) is 5. The summed E-state index contributed by atoms with van der Waals surface area (Å²) in [7, 11) is 5.06. The Morgan fingerprint density at radius 3 is 2.12 bits per heavy atom. The molecule has 0 aliphatic carbocycles. The molecule has 0 bridgehead atoms. The zero-order chi connectivity index (χ0) is 52.0. The molecule has 18 nitrogen and oxygen atoms in total. The van der Waals surface area contributed by atoms with Crippen molar-refractivity contribution >= 4 is 59.0 Å². The van der Waals surface area contributed by atoms with Crippen LogP contribution in [-0.4, -0.2) is 96.7 Å². The molecular formula is C54H70N8O10. The van der Waals surface area contributed by atoms with Gasteiger partial charge in [0.1, 0.15) is 11.4 Å². The van der Waals surface area contributed by atoms with E-state index in [4.69, 9.17) is 29.4 Å². The zero-order valence-corrected chi connectivity index (χ0v) is 42.2. The number of aromatic nitrogens is 2. The fraction of sp³-hybridized carbons (Fsp3) is 0.389. The lowest BCUT2D eigenvalue weighted by Gasteiger charge is -2.39. The number of nitrogens with two attached hydrogens (primary N) is 1. The van der Waals surface area contributed by atoms with E-state index in [0.29, 0.717) is 70.8 Å². The number of hydrogen-bond acceptors (Lipinski definition) is 11. The molecule has 5 amide bonds. The van der Waals surface area contributed by atoms with E-state index >= 15 is 0 Å². The van der Waals surface area contributed by atoms with Gasteiger partial charge in [0.25, 0.3) is 11.8 Å². The molecule has 0 spiro atoms. The van der Waals surface area contributed by atoms with Crippen molar-refractivity contribution in [3.05, 3.63) is 115 Å². The average molecular weight is 991 g/mol. The van der Waals surface area contributed by atoms with Gasteiger partial charge in [-0.3, -0.25) is 24.0 Å². The molecule has 5 aromatic rings. The van der Waals surface area contributed by atoms with E-state index in [2.05, 4.69) is 27.8 Å². The first-order valence-corrected chi connectivity index (χ1v) is 24.3. The van der Waals surface area contributed by atoms with E-state index < -0.39 is 6.29 Å². The second kappa shape index (κ2) is 28.4. The molecular weight excluding hydrogens is 921 g/mol. The summed E-state index contributed by atoms with van der Waals surface area (Å²) in [6, 6.07) is 21.1. The van der Waals surface area contributed by atoms with Crippen molar-refractivity contribution < 1.29 is 47.7 Å². The van der Waals surface area contributed by atoms with Crippen molar-refractivity contribution in [3.8, 4) is 22.6 Å². The second-order valence-corrected chi connectivity index (χ2v) is 17.0. The van der Waals surface area contributed by atoms with Crippen molar-refractivity contribution in [2.24, 2.45) is 14.1 Å². The average Bonchev–Trinajstić information content (AvgIpc) is 3.98. The van der Waals surface area contributed by atoms with Crippen molar-refractivity contribution in [2.75, 3.05) is 60.5 Å². The van der Waals surface area contributed by atoms with Gasteiger partial charge in [-0.1, -0.05) is 32.1 Å². The van der Waals surface area contributed by atoms with Gasteiger partial charge in [0.05, 0.1) is 32.1 Å². The zero-order valence-electron chi connectivity index (χ0n) is 42.2. The van der Waals surface area contributed by atoms with Crippen LogP contribution in [0, 0.1) is 6.92 Å². The third kappa shape index (κ3) is 16.1. The van der Waals surface area contributed by atoms with Crippen molar-refractivity contribution in [2.45, 2.75) is 90.8 Å². The molecule has 386 valence electrons.